The summed E-state index contributed by atoms with van der Waals surface area (Å²) in [5.41, 5.74) is 0.524. The summed E-state index contributed by atoms with van der Waals surface area (Å²) in [6, 6.07) is 4.13. The molecular formula is C13H12F2N4O2. The van der Waals surface area contributed by atoms with E-state index in [1.807, 2.05) is 0 Å². The fourth-order valence-corrected chi connectivity index (χ4v) is 1.59. The molecule has 2 amide bonds. The second-order valence-electron chi connectivity index (χ2n) is 4.20. The Hall–Kier alpha value is -2.77. The maximum absolute atomic E-state index is 13.0. The minimum Gasteiger partial charge on any atom is -0.349 e. The highest BCUT2D eigenvalue weighted by Gasteiger charge is 2.10. The van der Waals surface area contributed by atoms with Gasteiger partial charge in [-0.05, 0) is 18.2 Å². The average Bonchev–Trinajstić information content (AvgIpc) is 2.94. The molecule has 0 bridgehead atoms. The molecule has 8 heteroatoms. The van der Waals surface area contributed by atoms with E-state index in [4.69, 9.17) is 0 Å². The molecule has 0 saturated carbocycles. The quantitative estimate of drug-likeness (QED) is 0.760. The number of aromatic nitrogens is 2. The van der Waals surface area contributed by atoms with Crippen molar-refractivity contribution in [2.45, 2.75) is 6.54 Å². The average molecular weight is 294 g/mol. The third-order valence-corrected chi connectivity index (χ3v) is 2.57. The number of rotatable bonds is 5. The van der Waals surface area contributed by atoms with Crippen molar-refractivity contribution in [3.63, 3.8) is 0 Å². The number of benzene rings is 1. The van der Waals surface area contributed by atoms with E-state index < -0.39 is 23.4 Å². The van der Waals surface area contributed by atoms with Gasteiger partial charge < -0.3 is 10.6 Å². The number of amides is 2. The lowest BCUT2D eigenvalue weighted by Crippen LogP contribution is -2.36. The molecule has 0 aliphatic rings. The lowest BCUT2D eigenvalue weighted by atomic mass is 10.2. The minimum atomic E-state index is -0.858. The standard InChI is InChI=1S/C13H12F2N4O2/c14-9-3-8(4-10(15)5-9)13(21)17-7-12(20)16-6-11-1-2-18-19-11/h1-5H,6-7H2,(H,16,20)(H,17,21)(H,18,19). The summed E-state index contributed by atoms with van der Waals surface area (Å²) in [5, 5.41) is 11.2. The second kappa shape index (κ2) is 6.60. The number of hydrogen-bond acceptors (Lipinski definition) is 3. The first-order valence-corrected chi connectivity index (χ1v) is 6.04. The van der Waals surface area contributed by atoms with Gasteiger partial charge in [0, 0.05) is 17.8 Å². The maximum atomic E-state index is 13.0. The monoisotopic (exact) mass is 294 g/mol. The van der Waals surface area contributed by atoms with Crippen LogP contribution in [0.4, 0.5) is 8.78 Å². The molecule has 110 valence electrons. The van der Waals surface area contributed by atoms with Crippen molar-refractivity contribution in [2.75, 3.05) is 6.54 Å². The summed E-state index contributed by atoms with van der Waals surface area (Å²) in [4.78, 5) is 23.1. The van der Waals surface area contributed by atoms with Gasteiger partial charge in [0.25, 0.3) is 5.91 Å². The van der Waals surface area contributed by atoms with E-state index in [1.165, 1.54) is 0 Å². The summed E-state index contributed by atoms with van der Waals surface area (Å²) in [6.07, 6.45) is 1.54. The molecule has 6 nitrogen and oxygen atoms in total. The van der Waals surface area contributed by atoms with E-state index >= 15 is 0 Å². The van der Waals surface area contributed by atoms with Gasteiger partial charge in [-0.25, -0.2) is 8.78 Å². The van der Waals surface area contributed by atoms with Crippen LogP contribution >= 0.6 is 0 Å². The predicted molar refractivity (Wildman–Crippen MR) is 69.1 cm³/mol. The summed E-state index contributed by atoms with van der Waals surface area (Å²) in [5.74, 6) is -2.88. The molecule has 3 N–H and O–H groups in total. The lowest BCUT2D eigenvalue weighted by molar-refractivity contribution is -0.120. The van der Waals surface area contributed by atoms with Crippen LogP contribution in [-0.2, 0) is 11.3 Å². The van der Waals surface area contributed by atoms with Crippen LogP contribution in [0, 0.1) is 11.6 Å². The van der Waals surface area contributed by atoms with E-state index in [-0.39, 0.29) is 18.7 Å². The molecule has 2 rings (SSSR count). The fraction of sp³-hybridized carbons (Fsp3) is 0.154. The molecule has 0 saturated heterocycles. The van der Waals surface area contributed by atoms with Gasteiger partial charge in [-0.1, -0.05) is 0 Å². The van der Waals surface area contributed by atoms with E-state index in [0.717, 1.165) is 12.1 Å². The third-order valence-electron chi connectivity index (χ3n) is 2.57. The van der Waals surface area contributed by atoms with Crippen molar-refractivity contribution in [1.29, 1.82) is 0 Å². The number of nitrogens with zero attached hydrogens (tertiary/aromatic N) is 1. The molecular weight excluding hydrogens is 282 g/mol. The molecule has 0 aliphatic carbocycles. The van der Waals surface area contributed by atoms with E-state index in [0.29, 0.717) is 11.8 Å². The van der Waals surface area contributed by atoms with Crippen LogP contribution in [0.2, 0.25) is 0 Å². The number of aromatic amines is 1. The Morgan fingerprint density at radius 2 is 1.86 bits per heavy atom. The summed E-state index contributed by atoms with van der Waals surface area (Å²) >= 11 is 0. The van der Waals surface area contributed by atoms with Gasteiger partial charge in [0.1, 0.15) is 11.6 Å². The van der Waals surface area contributed by atoms with Crippen LogP contribution < -0.4 is 10.6 Å². The Balaban J connectivity index is 1.81. The Labute approximate surface area is 118 Å². The van der Waals surface area contributed by atoms with Gasteiger partial charge >= 0.3 is 0 Å². The number of carbonyl (C=O) groups is 2. The van der Waals surface area contributed by atoms with Crippen molar-refractivity contribution in [3.8, 4) is 0 Å². The Bertz CT molecular complexity index is 623. The molecule has 0 aliphatic heterocycles. The van der Waals surface area contributed by atoms with E-state index in [1.54, 1.807) is 12.3 Å². The van der Waals surface area contributed by atoms with E-state index in [9.17, 15) is 18.4 Å². The first-order chi connectivity index (χ1) is 10.0. The third kappa shape index (κ3) is 4.37. The highest BCUT2D eigenvalue weighted by atomic mass is 19.1. The first-order valence-electron chi connectivity index (χ1n) is 6.04. The van der Waals surface area contributed by atoms with Gasteiger partial charge in [-0.3, -0.25) is 14.7 Å². The minimum absolute atomic E-state index is 0.186. The topological polar surface area (TPSA) is 86.9 Å². The molecule has 0 unspecified atom stereocenters. The summed E-state index contributed by atoms with van der Waals surface area (Å²) in [7, 11) is 0. The van der Waals surface area contributed by atoms with Crippen LogP contribution in [0.3, 0.4) is 0 Å². The smallest absolute Gasteiger partial charge is 0.251 e. The molecule has 0 atom stereocenters. The zero-order valence-electron chi connectivity index (χ0n) is 10.8. The van der Waals surface area contributed by atoms with Crippen LogP contribution in [0.5, 0.6) is 0 Å². The molecule has 0 fully saturated rings. The Morgan fingerprint density at radius 1 is 1.14 bits per heavy atom. The number of halogens is 2. The number of H-pyrrole nitrogens is 1. The Kier molecular flexibility index (Phi) is 4.60. The van der Waals surface area contributed by atoms with Crippen LogP contribution in [0.25, 0.3) is 0 Å². The van der Waals surface area contributed by atoms with Gasteiger partial charge in [-0.15, -0.1) is 0 Å². The van der Waals surface area contributed by atoms with Crippen LogP contribution in [0.1, 0.15) is 16.1 Å². The maximum Gasteiger partial charge on any atom is 0.251 e. The van der Waals surface area contributed by atoms with Crippen LogP contribution in [-0.4, -0.2) is 28.6 Å². The Morgan fingerprint density at radius 3 is 2.48 bits per heavy atom. The van der Waals surface area contributed by atoms with Gasteiger partial charge in [0.2, 0.25) is 5.91 Å². The van der Waals surface area contributed by atoms with Gasteiger partial charge in [-0.2, -0.15) is 5.10 Å². The van der Waals surface area contributed by atoms with Crippen molar-refractivity contribution in [2.24, 2.45) is 0 Å². The molecule has 1 heterocycles. The van der Waals surface area contributed by atoms with Crippen molar-refractivity contribution >= 4 is 11.8 Å². The normalized spacial score (nSPS) is 10.2. The number of carbonyl (C=O) groups excluding carboxylic acids is 2. The van der Waals surface area contributed by atoms with E-state index in [2.05, 4.69) is 20.8 Å². The molecule has 1 aromatic heterocycles. The largest absolute Gasteiger partial charge is 0.349 e. The molecule has 0 spiro atoms. The number of hydrogen-bond donors (Lipinski definition) is 3. The lowest BCUT2D eigenvalue weighted by Gasteiger charge is -2.06. The van der Waals surface area contributed by atoms with Gasteiger partial charge in [0.15, 0.2) is 0 Å². The molecule has 1 aromatic carbocycles. The predicted octanol–water partition coefficient (Wildman–Crippen LogP) is 0.734. The zero-order valence-corrected chi connectivity index (χ0v) is 10.8. The molecule has 21 heavy (non-hydrogen) atoms. The SMILES string of the molecule is O=C(CNC(=O)c1cc(F)cc(F)c1)NCc1ccn[nH]1. The first kappa shape index (κ1) is 14.6. The summed E-state index contributed by atoms with van der Waals surface area (Å²) in [6.45, 7) is -0.0611. The fourth-order valence-electron chi connectivity index (χ4n) is 1.59. The number of nitrogens with one attached hydrogen (secondary N) is 3. The molecule has 0 radical (unpaired) electrons. The van der Waals surface area contributed by atoms with Crippen LogP contribution in [0.15, 0.2) is 30.5 Å². The van der Waals surface area contributed by atoms with Crippen molar-refractivity contribution in [3.05, 3.63) is 53.4 Å². The summed E-state index contributed by atoms with van der Waals surface area (Å²) < 4.78 is 25.9. The molecule has 2 aromatic rings. The van der Waals surface area contributed by atoms with Gasteiger partial charge in [0.05, 0.1) is 18.8 Å². The second-order valence-corrected chi connectivity index (χ2v) is 4.20. The zero-order chi connectivity index (χ0) is 15.2. The van der Waals surface area contributed by atoms with Crippen molar-refractivity contribution < 1.29 is 18.4 Å². The highest BCUT2D eigenvalue weighted by Crippen LogP contribution is 2.07. The van der Waals surface area contributed by atoms with Crippen molar-refractivity contribution in [1.82, 2.24) is 20.8 Å². The highest BCUT2D eigenvalue weighted by molar-refractivity contribution is 5.96.